The molecule has 0 aliphatic carbocycles. The van der Waals surface area contributed by atoms with Gasteiger partial charge >= 0.3 is 0 Å². The molecule has 0 radical (unpaired) electrons. The maximum atomic E-state index is 2.66. The number of hydrogen-bond donors (Lipinski definition) is 0. The average molecular weight is 285 g/mol. The molecule has 1 atom stereocenters. The first-order chi connectivity index (χ1) is 9.92. The smallest absolute Gasteiger partial charge is 0.00503 e. The number of rotatable bonds is 5. The van der Waals surface area contributed by atoms with E-state index >= 15 is 0 Å². The summed E-state index contributed by atoms with van der Waals surface area (Å²) >= 11 is 1.89. The van der Waals surface area contributed by atoms with Gasteiger partial charge in [-0.25, -0.2) is 0 Å². The summed E-state index contributed by atoms with van der Waals surface area (Å²) in [6.07, 6.45) is 5.23. The van der Waals surface area contributed by atoms with E-state index in [1.165, 1.54) is 55.8 Å². The van der Waals surface area contributed by atoms with Crippen LogP contribution in [0.5, 0.6) is 0 Å². The Morgan fingerprint density at radius 2 is 2.00 bits per heavy atom. The first-order valence-corrected chi connectivity index (χ1v) is 8.59. The van der Waals surface area contributed by atoms with Crippen LogP contribution in [0.15, 0.2) is 47.8 Å². The topological polar surface area (TPSA) is 3.24 Å². The van der Waals surface area contributed by atoms with E-state index in [4.69, 9.17) is 0 Å². The van der Waals surface area contributed by atoms with Crippen molar-refractivity contribution in [1.82, 2.24) is 4.90 Å². The fourth-order valence-electron chi connectivity index (χ4n) is 3.19. The Morgan fingerprint density at radius 1 is 1.10 bits per heavy atom. The SMILES string of the molecule is c1ccc(C2CCCN(CCCc3cccs3)C2)cc1. The maximum Gasteiger partial charge on any atom is 0.00503 e. The van der Waals surface area contributed by atoms with Gasteiger partial charge in [-0.2, -0.15) is 0 Å². The van der Waals surface area contributed by atoms with Crippen LogP contribution in [0.25, 0.3) is 0 Å². The van der Waals surface area contributed by atoms with Crippen molar-refractivity contribution in [3.05, 3.63) is 58.3 Å². The van der Waals surface area contributed by atoms with Crippen LogP contribution in [0.2, 0.25) is 0 Å². The molecular formula is C18H23NS. The van der Waals surface area contributed by atoms with Gasteiger partial charge in [0.25, 0.3) is 0 Å². The quantitative estimate of drug-likeness (QED) is 0.778. The summed E-state index contributed by atoms with van der Waals surface area (Å²) in [7, 11) is 0. The Kier molecular flexibility index (Phi) is 4.88. The van der Waals surface area contributed by atoms with E-state index < -0.39 is 0 Å². The minimum absolute atomic E-state index is 0.742. The van der Waals surface area contributed by atoms with E-state index in [9.17, 15) is 0 Å². The fraction of sp³-hybridized carbons (Fsp3) is 0.444. The Balaban J connectivity index is 1.48. The minimum Gasteiger partial charge on any atom is -0.303 e. The lowest BCUT2D eigenvalue weighted by Gasteiger charge is -2.33. The van der Waals surface area contributed by atoms with Crippen molar-refractivity contribution in [3.8, 4) is 0 Å². The molecule has 0 saturated carbocycles. The van der Waals surface area contributed by atoms with Crippen molar-refractivity contribution < 1.29 is 0 Å². The Morgan fingerprint density at radius 3 is 2.80 bits per heavy atom. The van der Waals surface area contributed by atoms with Gasteiger partial charge in [0.1, 0.15) is 0 Å². The molecule has 0 amide bonds. The van der Waals surface area contributed by atoms with Gasteiger partial charge in [0.05, 0.1) is 0 Å². The molecule has 0 spiro atoms. The second-order valence-corrected chi connectivity index (χ2v) is 6.77. The first kappa shape index (κ1) is 13.8. The molecule has 1 unspecified atom stereocenters. The molecular weight excluding hydrogens is 262 g/mol. The summed E-state index contributed by atoms with van der Waals surface area (Å²) in [5, 5.41) is 2.18. The summed E-state index contributed by atoms with van der Waals surface area (Å²) in [4.78, 5) is 4.19. The number of nitrogens with zero attached hydrogens (tertiary/aromatic N) is 1. The van der Waals surface area contributed by atoms with Crippen molar-refractivity contribution in [2.75, 3.05) is 19.6 Å². The minimum atomic E-state index is 0.742. The van der Waals surface area contributed by atoms with Crippen molar-refractivity contribution in [2.24, 2.45) is 0 Å². The highest BCUT2D eigenvalue weighted by molar-refractivity contribution is 7.09. The third-order valence-corrected chi connectivity index (χ3v) is 5.19. The molecule has 1 aliphatic heterocycles. The van der Waals surface area contributed by atoms with Crippen LogP contribution in [0.3, 0.4) is 0 Å². The lowest BCUT2D eigenvalue weighted by atomic mass is 9.90. The molecule has 2 aromatic rings. The number of benzene rings is 1. The lowest BCUT2D eigenvalue weighted by molar-refractivity contribution is 0.206. The zero-order valence-electron chi connectivity index (χ0n) is 12.0. The summed E-state index contributed by atoms with van der Waals surface area (Å²) in [5.74, 6) is 0.742. The monoisotopic (exact) mass is 285 g/mol. The largest absolute Gasteiger partial charge is 0.303 e. The normalized spacial score (nSPS) is 20.1. The molecule has 2 heterocycles. The third-order valence-electron chi connectivity index (χ3n) is 4.25. The second-order valence-electron chi connectivity index (χ2n) is 5.73. The summed E-state index contributed by atoms with van der Waals surface area (Å²) in [6, 6.07) is 15.5. The van der Waals surface area contributed by atoms with Crippen molar-refractivity contribution in [3.63, 3.8) is 0 Å². The molecule has 20 heavy (non-hydrogen) atoms. The van der Waals surface area contributed by atoms with Gasteiger partial charge in [-0.3, -0.25) is 0 Å². The highest BCUT2D eigenvalue weighted by Crippen LogP contribution is 2.26. The van der Waals surface area contributed by atoms with Crippen LogP contribution in [0.4, 0.5) is 0 Å². The molecule has 106 valence electrons. The zero-order chi connectivity index (χ0) is 13.6. The van der Waals surface area contributed by atoms with Gasteiger partial charge in [0.15, 0.2) is 0 Å². The molecule has 0 N–H and O–H groups in total. The van der Waals surface area contributed by atoms with Crippen LogP contribution in [-0.2, 0) is 6.42 Å². The van der Waals surface area contributed by atoms with E-state index in [1.807, 2.05) is 11.3 Å². The molecule has 1 aliphatic rings. The molecule has 2 heteroatoms. The number of thiophene rings is 1. The van der Waals surface area contributed by atoms with Crippen molar-refractivity contribution >= 4 is 11.3 Å². The predicted octanol–water partition coefficient (Wildman–Crippen LogP) is 4.56. The molecule has 1 saturated heterocycles. The van der Waals surface area contributed by atoms with Crippen molar-refractivity contribution in [2.45, 2.75) is 31.6 Å². The third kappa shape index (κ3) is 3.71. The van der Waals surface area contributed by atoms with Crippen molar-refractivity contribution in [1.29, 1.82) is 0 Å². The molecule has 0 bridgehead atoms. The van der Waals surface area contributed by atoms with Crippen LogP contribution >= 0.6 is 11.3 Å². The Labute approximate surface area is 126 Å². The van der Waals surface area contributed by atoms with Gasteiger partial charge in [0.2, 0.25) is 0 Å². The number of likely N-dealkylation sites (tertiary alicyclic amines) is 1. The summed E-state index contributed by atoms with van der Waals surface area (Å²) in [5.41, 5.74) is 1.52. The summed E-state index contributed by atoms with van der Waals surface area (Å²) in [6.45, 7) is 3.78. The van der Waals surface area contributed by atoms with E-state index in [-0.39, 0.29) is 0 Å². The molecule has 3 rings (SSSR count). The second kappa shape index (κ2) is 7.05. The first-order valence-electron chi connectivity index (χ1n) is 7.71. The highest BCUT2D eigenvalue weighted by Gasteiger charge is 2.20. The lowest BCUT2D eigenvalue weighted by Crippen LogP contribution is -2.35. The van der Waals surface area contributed by atoms with Crippen LogP contribution < -0.4 is 0 Å². The van der Waals surface area contributed by atoms with Gasteiger partial charge in [0, 0.05) is 11.4 Å². The van der Waals surface area contributed by atoms with Gasteiger partial charge in [-0.05, 0) is 61.7 Å². The molecule has 1 aromatic carbocycles. The zero-order valence-corrected chi connectivity index (χ0v) is 12.8. The van der Waals surface area contributed by atoms with E-state index in [0.717, 1.165) is 5.92 Å². The fourth-order valence-corrected chi connectivity index (χ4v) is 3.94. The maximum absolute atomic E-state index is 2.66. The Bertz CT molecular complexity index is 491. The van der Waals surface area contributed by atoms with Gasteiger partial charge in [-0.1, -0.05) is 36.4 Å². The number of hydrogen-bond acceptors (Lipinski definition) is 2. The van der Waals surface area contributed by atoms with Crippen LogP contribution in [0, 0.1) is 0 Å². The number of piperidine rings is 1. The van der Waals surface area contributed by atoms with E-state index in [0.29, 0.717) is 0 Å². The standard InChI is InChI=1S/C18H23NS/c1-2-7-16(8-3-1)17-9-4-12-19(15-17)13-5-10-18-11-6-14-20-18/h1-3,6-8,11,14,17H,4-5,9-10,12-13,15H2. The van der Waals surface area contributed by atoms with E-state index in [2.05, 4.69) is 52.7 Å². The van der Waals surface area contributed by atoms with Crippen LogP contribution in [-0.4, -0.2) is 24.5 Å². The highest BCUT2D eigenvalue weighted by atomic mass is 32.1. The van der Waals surface area contributed by atoms with E-state index in [1.54, 1.807) is 0 Å². The van der Waals surface area contributed by atoms with Crippen LogP contribution in [0.1, 0.15) is 35.6 Å². The van der Waals surface area contributed by atoms with Gasteiger partial charge in [-0.15, -0.1) is 11.3 Å². The average Bonchev–Trinajstić information content (AvgIpc) is 3.02. The van der Waals surface area contributed by atoms with Gasteiger partial charge < -0.3 is 4.90 Å². The number of aryl methyl sites for hydroxylation is 1. The predicted molar refractivity (Wildman–Crippen MR) is 87.5 cm³/mol. The molecule has 1 aromatic heterocycles. The molecule has 1 nitrogen and oxygen atoms in total. The molecule has 1 fully saturated rings. The summed E-state index contributed by atoms with van der Waals surface area (Å²) < 4.78 is 0. The Hall–Kier alpha value is -1.12.